The van der Waals surface area contributed by atoms with Gasteiger partial charge in [-0.2, -0.15) is 0 Å². The molecule has 0 spiro atoms. The maximum atomic E-state index is 12.3. The van der Waals surface area contributed by atoms with Crippen molar-refractivity contribution < 1.29 is 24.5 Å². The first kappa shape index (κ1) is 16.2. The fourth-order valence-corrected chi connectivity index (χ4v) is 2.02. The van der Waals surface area contributed by atoms with Crippen LogP contribution in [0.5, 0.6) is 0 Å². The number of hydrogen-bond acceptors (Lipinski definition) is 6. The minimum absolute atomic E-state index is 0.339. The summed E-state index contributed by atoms with van der Waals surface area (Å²) in [5.74, 6) is -1.35. The van der Waals surface area contributed by atoms with Crippen LogP contribution in [-0.4, -0.2) is 65.5 Å². The van der Waals surface area contributed by atoms with Gasteiger partial charge in [0.05, 0.1) is 25.3 Å². The van der Waals surface area contributed by atoms with Crippen molar-refractivity contribution in [1.29, 1.82) is 0 Å². The van der Waals surface area contributed by atoms with Gasteiger partial charge in [-0.15, -0.1) is 0 Å². The molecule has 8 nitrogen and oxygen atoms in total. The number of rotatable bonds is 5. The molecule has 8 heteroatoms. The molecule has 0 aliphatic carbocycles. The average molecular weight is 309 g/mol. The summed E-state index contributed by atoms with van der Waals surface area (Å²) in [5, 5.41) is 20.9. The molecule has 1 unspecified atom stereocenters. The van der Waals surface area contributed by atoms with Gasteiger partial charge in [0.25, 0.3) is 5.91 Å². The number of ether oxygens (including phenoxy) is 1. The number of nitrogens with zero attached hydrogens (tertiary/aromatic N) is 2. The lowest BCUT2D eigenvalue weighted by molar-refractivity contribution is -0.155. The van der Waals surface area contributed by atoms with E-state index in [9.17, 15) is 14.7 Å². The number of nitrogens with one attached hydrogen (secondary N) is 1. The normalized spacial score (nSPS) is 17.6. The highest BCUT2D eigenvalue weighted by Gasteiger charge is 2.31. The highest BCUT2D eigenvalue weighted by Crippen LogP contribution is 2.18. The summed E-state index contributed by atoms with van der Waals surface area (Å²) < 4.78 is 5.27. The van der Waals surface area contributed by atoms with Gasteiger partial charge in [0.1, 0.15) is 5.82 Å². The number of pyridine rings is 1. The molecule has 2 heterocycles. The fourth-order valence-electron chi connectivity index (χ4n) is 2.02. The van der Waals surface area contributed by atoms with Crippen LogP contribution >= 0.6 is 0 Å². The Morgan fingerprint density at radius 2 is 2.14 bits per heavy atom. The number of aromatic nitrogens is 1. The number of anilines is 1. The summed E-state index contributed by atoms with van der Waals surface area (Å²) in [6.45, 7) is 3.12. The van der Waals surface area contributed by atoms with Crippen LogP contribution in [0.4, 0.5) is 5.82 Å². The number of aliphatic carboxylic acids is 1. The molecule has 1 atom stereocenters. The van der Waals surface area contributed by atoms with Crippen LogP contribution in [0.2, 0.25) is 0 Å². The quantitative estimate of drug-likeness (QED) is 0.671. The van der Waals surface area contributed by atoms with Crippen LogP contribution in [0.15, 0.2) is 18.3 Å². The first-order valence-corrected chi connectivity index (χ1v) is 6.93. The molecule has 120 valence electrons. The monoisotopic (exact) mass is 309 g/mol. The van der Waals surface area contributed by atoms with Crippen molar-refractivity contribution in [2.24, 2.45) is 0 Å². The molecule has 3 N–H and O–H groups in total. The second-order valence-corrected chi connectivity index (χ2v) is 5.24. The van der Waals surface area contributed by atoms with Crippen molar-refractivity contribution in [1.82, 2.24) is 10.3 Å². The molecule has 0 aromatic carbocycles. The molecule has 1 saturated heterocycles. The molecule has 22 heavy (non-hydrogen) atoms. The maximum Gasteiger partial charge on any atom is 0.337 e. The largest absolute Gasteiger partial charge is 0.479 e. The molecule has 0 saturated carbocycles. The standard InChI is InChI=1S/C14H19N3O5/c1-14(21,13(19)20)9-16-12(18)10-3-2-4-15-11(10)17-5-7-22-8-6-17/h2-4,21H,5-9H2,1H3,(H,16,18)(H,19,20). The number of carboxylic acids is 1. The lowest BCUT2D eigenvalue weighted by Gasteiger charge is -2.29. The van der Waals surface area contributed by atoms with Crippen molar-refractivity contribution in [2.45, 2.75) is 12.5 Å². The Morgan fingerprint density at radius 1 is 1.45 bits per heavy atom. The maximum absolute atomic E-state index is 12.3. The van der Waals surface area contributed by atoms with Crippen LogP contribution in [-0.2, 0) is 9.53 Å². The van der Waals surface area contributed by atoms with E-state index >= 15 is 0 Å². The third-order valence-electron chi connectivity index (χ3n) is 3.40. The zero-order valence-electron chi connectivity index (χ0n) is 12.3. The Kier molecular flexibility index (Phi) is 4.94. The van der Waals surface area contributed by atoms with Gasteiger partial charge >= 0.3 is 5.97 Å². The van der Waals surface area contributed by atoms with E-state index in [0.29, 0.717) is 37.7 Å². The summed E-state index contributed by atoms with van der Waals surface area (Å²) in [6.07, 6.45) is 1.59. The van der Waals surface area contributed by atoms with E-state index in [1.54, 1.807) is 18.3 Å². The molecule has 2 rings (SSSR count). The zero-order chi connectivity index (χ0) is 16.2. The number of carboxylic acid groups (broad SMARTS) is 1. The minimum Gasteiger partial charge on any atom is -0.479 e. The molecular formula is C14H19N3O5. The first-order chi connectivity index (χ1) is 10.4. The average Bonchev–Trinajstić information content (AvgIpc) is 2.53. The zero-order valence-corrected chi connectivity index (χ0v) is 12.3. The van der Waals surface area contributed by atoms with E-state index in [0.717, 1.165) is 6.92 Å². The Hall–Kier alpha value is -2.19. The van der Waals surface area contributed by atoms with E-state index in [4.69, 9.17) is 9.84 Å². The third kappa shape index (κ3) is 3.71. The molecule has 1 aliphatic rings. The van der Waals surface area contributed by atoms with Crippen molar-refractivity contribution >= 4 is 17.7 Å². The van der Waals surface area contributed by atoms with Crippen molar-refractivity contribution in [3.63, 3.8) is 0 Å². The smallest absolute Gasteiger partial charge is 0.337 e. The lowest BCUT2D eigenvalue weighted by Crippen LogP contribution is -2.47. The fraction of sp³-hybridized carbons (Fsp3) is 0.500. The van der Waals surface area contributed by atoms with Crippen LogP contribution in [0, 0.1) is 0 Å². The Morgan fingerprint density at radius 3 is 2.77 bits per heavy atom. The van der Waals surface area contributed by atoms with Gasteiger partial charge in [0.15, 0.2) is 5.60 Å². The SMILES string of the molecule is CC(O)(CNC(=O)c1cccnc1N1CCOCC1)C(=O)O. The summed E-state index contributed by atoms with van der Waals surface area (Å²) in [6, 6.07) is 3.25. The lowest BCUT2D eigenvalue weighted by atomic mass is 10.1. The number of amides is 1. The molecule has 1 amide bonds. The van der Waals surface area contributed by atoms with Gasteiger partial charge in [0, 0.05) is 19.3 Å². The van der Waals surface area contributed by atoms with Crippen LogP contribution in [0.1, 0.15) is 17.3 Å². The van der Waals surface area contributed by atoms with E-state index in [-0.39, 0.29) is 0 Å². The number of carbonyl (C=O) groups excluding carboxylic acids is 1. The highest BCUT2D eigenvalue weighted by atomic mass is 16.5. The minimum atomic E-state index is -2.02. The Balaban J connectivity index is 2.11. The second-order valence-electron chi connectivity index (χ2n) is 5.24. The van der Waals surface area contributed by atoms with Crippen molar-refractivity contribution in [3.8, 4) is 0 Å². The van der Waals surface area contributed by atoms with Gasteiger partial charge in [-0.25, -0.2) is 9.78 Å². The molecule has 1 aliphatic heterocycles. The molecular weight excluding hydrogens is 290 g/mol. The van der Waals surface area contributed by atoms with Gasteiger partial charge < -0.3 is 25.2 Å². The number of morpholine rings is 1. The molecule has 1 fully saturated rings. The van der Waals surface area contributed by atoms with Gasteiger partial charge in [0.2, 0.25) is 0 Å². The molecule has 0 bridgehead atoms. The summed E-state index contributed by atoms with van der Waals surface area (Å²) >= 11 is 0. The van der Waals surface area contributed by atoms with E-state index < -0.39 is 24.0 Å². The van der Waals surface area contributed by atoms with Crippen LogP contribution in [0.3, 0.4) is 0 Å². The summed E-state index contributed by atoms with van der Waals surface area (Å²) in [7, 11) is 0. The predicted octanol–water partition coefficient (Wildman–Crippen LogP) is -0.516. The predicted molar refractivity (Wildman–Crippen MR) is 77.9 cm³/mol. The molecule has 1 aromatic rings. The summed E-state index contributed by atoms with van der Waals surface area (Å²) in [5.41, 5.74) is -1.68. The van der Waals surface area contributed by atoms with Crippen LogP contribution < -0.4 is 10.2 Å². The molecule has 1 aromatic heterocycles. The Bertz CT molecular complexity index is 555. The summed E-state index contributed by atoms with van der Waals surface area (Å²) in [4.78, 5) is 29.3. The first-order valence-electron chi connectivity index (χ1n) is 6.93. The van der Waals surface area contributed by atoms with E-state index in [1.807, 2.05) is 4.90 Å². The second kappa shape index (κ2) is 6.71. The van der Waals surface area contributed by atoms with E-state index in [2.05, 4.69) is 10.3 Å². The van der Waals surface area contributed by atoms with Crippen molar-refractivity contribution in [2.75, 3.05) is 37.7 Å². The van der Waals surface area contributed by atoms with E-state index in [1.165, 1.54) is 0 Å². The van der Waals surface area contributed by atoms with Gasteiger partial charge in [-0.05, 0) is 19.1 Å². The van der Waals surface area contributed by atoms with Crippen molar-refractivity contribution in [3.05, 3.63) is 23.9 Å². The highest BCUT2D eigenvalue weighted by molar-refractivity contribution is 5.99. The molecule has 0 radical (unpaired) electrons. The van der Waals surface area contributed by atoms with Crippen LogP contribution in [0.25, 0.3) is 0 Å². The Labute approximate surface area is 127 Å². The third-order valence-corrected chi connectivity index (χ3v) is 3.40. The number of carbonyl (C=O) groups is 2. The van der Waals surface area contributed by atoms with Gasteiger partial charge in [-0.1, -0.05) is 0 Å². The topological polar surface area (TPSA) is 112 Å². The number of aliphatic hydroxyl groups is 1. The number of hydrogen-bond donors (Lipinski definition) is 3. The van der Waals surface area contributed by atoms with Gasteiger partial charge in [-0.3, -0.25) is 4.79 Å².